The Kier molecular flexibility index (Phi) is 3.27. The van der Waals surface area contributed by atoms with Crippen molar-refractivity contribution in [1.29, 1.82) is 0 Å². The first kappa shape index (κ1) is 12.3. The zero-order valence-corrected chi connectivity index (χ0v) is 10.6. The Morgan fingerprint density at radius 3 is 2.44 bits per heavy atom. The van der Waals surface area contributed by atoms with Crippen molar-refractivity contribution < 1.29 is 8.42 Å². The molecular formula is C10H21N3O2S. The van der Waals surface area contributed by atoms with Crippen LogP contribution in [0, 0.1) is 5.41 Å². The summed E-state index contributed by atoms with van der Waals surface area (Å²) in [5.41, 5.74) is 0.389. The van der Waals surface area contributed by atoms with E-state index >= 15 is 0 Å². The molecule has 1 saturated carbocycles. The summed E-state index contributed by atoms with van der Waals surface area (Å²) in [7, 11) is -3.52. The fourth-order valence-corrected chi connectivity index (χ4v) is 3.69. The molecule has 0 atom stereocenters. The van der Waals surface area contributed by atoms with E-state index in [1.807, 2.05) is 0 Å². The Morgan fingerprint density at radius 1 is 1.44 bits per heavy atom. The smallest absolute Gasteiger partial charge is 0.277 e. The van der Waals surface area contributed by atoms with Crippen molar-refractivity contribution in [2.24, 2.45) is 10.6 Å². The number of rotatable bonds is 5. The summed E-state index contributed by atoms with van der Waals surface area (Å²) >= 11 is 0. The van der Waals surface area contributed by atoms with Gasteiger partial charge < -0.3 is 5.32 Å². The molecule has 2 fully saturated rings. The summed E-state index contributed by atoms with van der Waals surface area (Å²) in [6.07, 6.45) is 3.82. The summed E-state index contributed by atoms with van der Waals surface area (Å²) < 4.78 is 24.5. The molecule has 94 valence electrons. The lowest BCUT2D eigenvalue weighted by Crippen LogP contribution is -2.66. The minimum atomic E-state index is -3.52. The normalized spacial score (nSPS) is 24.4. The van der Waals surface area contributed by atoms with Crippen LogP contribution in [-0.4, -0.2) is 38.4 Å². The highest BCUT2D eigenvalue weighted by Crippen LogP contribution is 2.46. The van der Waals surface area contributed by atoms with Crippen LogP contribution in [0.2, 0.25) is 0 Å². The Labute approximate surface area is 97.6 Å². The van der Waals surface area contributed by atoms with Crippen LogP contribution in [0.4, 0.5) is 0 Å². The van der Waals surface area contributed by atoms with Crippen LogP contribution in [-0.2, 0) is 10.2 Å². The SMILES string of the molecule is CCCCN(C1CC2(CNC2)C1)S(N)(=O)=O. The summed E-state index contributed by atoms with van der Waals surface area (Å²) in [6, 6.07) is 0.142. The van der Waals surface area contributed by atoms with E-state index < -0.39 is 10.2 Å². The second-order valence-electron chi connectivity index (χ2n) is 5.17. The molecule has 1 aliphatic carbocycles. The van der Waals surface area contributed by atoms with E-state index in [4.69, 9.17) is 5.14 Å². The number of nitrogens with one attached hydrogen (secondary N) is 1. The second-order valence-corrected chi connectivity index (χ2v) is 6.67. The third kappa shape index (κ3) is 2.25. The van der Waals surface area contributed by atoms with Gasteiger partial charge in [-0.2, -0.15) is 12.7 Å². The van der Waals surface area contributed by atoms with E-state index in [2.05, 4.69) is 12.2 Å². The van der Waals surface area contributed by atoms with Crippen LogP contribution < -0.4 is 10.5 Å². The summed E-state index contributed by atoms with van der Waals surface area (Å²) in [5, 5.41) is 8.51. The van der Waals surface area contributed by atoms with Gasteiger partial charge in [-0.05, 0) is 24.7 Å². The van der Waals surface area contributed by atoms with Crippen molar-refractivity contribution in [3.8, 4) is 0 Å². The van der Waals surface area contributed by atoms with E-state index in [1.165, 1.54) is 4.31 Å². The third-order valence-corrected chi connectivity index (χ3v) is 4.94. The largest absolute Gasteiger partial charge is 0.316 e. The molecule has 3 N–H and O–H groups in total. The van der Waals surface area contributed by atoms with Crippen molar-refractivity contribution in [2.45, 2.75) is 38.6 Å². The molecule has 1 saturated heterocycles. The van der Waals surface area contributed by atoms with E-state index in [9.17, 15) is 8.42 Å². The molecule has 1 spiro atoms. The summed E-state index contributed by atoms with van der Waals surface area (Å²) in [5.74, 6) is 0. The molecule has 1 heterocycles. The predicted molar refractivity (Wildman–Crippen MR) is 63.0 cm³/mol. The average Bonchev–Trinajstić information content (AvgIpc) is 2.03. The van der Waals surface area contributed by atoms with Crippen LogP contribution in [0.15, 0.2) is 0 Å². The number of hydrogen-bond donors (Lipinski definition) is 2. The Bertz CT molecular complexity index is 343. The lowest BCUT2D eigenvalue weighted by atomic mass is 9.61. The first-order valence-electron chi connectivity index (χ1n) is 5.97. The van der Waals surface area contributed by atoms with Crippen LogP contribution >= 0.6 is 0 Å². The zero-order valence-electron chi connectivity index (χ0n) is 9.78. The molecule has 1 aliphatic heterocycles. The summed E-state index contributed by atoms with van der Waals surface area (Å²) in [6.45, 7) is 4.70. The fourth-order valence-electron chi connectivity index (χ4n) is 2.74. The maximum atomic E-state index is 11.5. The fraction of sp³-hybridized carbons (Fsp3) is 1.00. The lowest BCUT2D eigenvalue weighted by Gasteiger charge is -2.56. The van der Waals surface area contributed by atoms with Gasteiger partial charge in [0.15, 0.2) is 0 Å². The Morgan fingerprint density at radius 2 is 2.06 bits per heavy atom. The Hall–Kier alpha value is -0.170. The van der Waals surface area contributed by atoms with Crippen LogP contribution in [0.5, 0.6) is 0 Å². The first-order chi connectivity index (χ1) is 7.47. The molecule has 0 aromatic heterocycles. The van der Waals surface area contributed by atoms with Crippen LogP contribution in [0.3, 0.4) is 0 Å². The van der Waals surface area contributed by atoms with E-state index in [1.54, 1.807) is 0 Å². The van der Waals surface area contributed by atoms with Crippen molar-refractivity contribution >= 4 is 10.2 Å². The monoisotopic (exact) mass is 247 g/mol. The third-order valence-electron chi connectivity index (χ3n) is 3.80. The maximum Gasteiger partial charge on any atom is 0.277 e. The Balaban J connectivity index is 1.93. The topological polar surface area (TPSA) is 75.4 Å². The van der Waals surface area contributed by atoms with Crippen molar-refractivity contribution in [1.82, 2.24) is 9.62 Å². The van der Waals surface area contributed by atoms with E-state index in [-0.39, 0.29) is 6.04 Å². The minimum Gasteiger partial charge on any atom is -0.316 e. The van der Waals surface area contributed by atoms with E-state index in [0.717, 1.165) is 38.8 Å². The molecule has 0 aromatic rings. The van der Waals surface area contributed by atoms with Crippen molar-refractivity contribution in [3.05, 3.63) is 0 Å². The minimum absolute atomic E-state index is 0.142. The molecule has 0 unspecified atom stereocenters. The van der Waals surface area contributed by atoms with Gasteiger partial charge in [-0.25, -0.2) is 5.14 Å². The quantitative estimate of drug-likeness (QED) is 0.720. The molecular weight excluding hydrogens is 226 g/mol. The molecule has 2 aliphatic rings. The lowest BCUT2D eigenvalue weighted by molar-refractivity contribution is -0.00684. The van der Waals surface area contributed by atoms with Gasteiger partial charge in [-0.15, -0.1) is 0 Å². The molecule has 0 aromatic carbocycles. The van der Waals surface area contributed by atoms with Gasteiger partial charge in [0, 0.05) is 25.7 Å². The average molecular weight is 247 g/mol. The van der Waals surface area contributed by atoms with Gasteiger partial charge in [0.2, 0.25) is 0 Å². The van der Waals surface area contributed by atoms with Gasteiger partial charge in [-0.3, -0.25) is 0 Å². The molecule has 5 nitrogen and oxygen atoms in total. The van der Waals surface area contributed by atoms with Gasteiger partial charge in [0.25, 0.3) is 10.2 Å². The second kappa shape index (κ2) is 4.25. The molecule has 6 heteroatoms. The maximum absolute atomic E-state index is 11.5. The highest BCUT2D eigenvalue weighted by molar-refractivity contribution is 7.86. The van der Waals surface area contributed by atoms with Gasteiger partial charge in [0.1, 0.15) is 0 Å². The van der Waals surface area contributed by atoms with Crippen molar-refractivity contribution in [2.75, 3.05) is 19.6 Å². The van der Waals surface area contributed by atoms with Crippen molar-refractivity contribution in [3.63, 3.8) is 0 Å². The van der Waals surface area contributed by atoms with Gasteiger partial charge in [0.05, 0.1) is 0 Å². The molecule has 2 rings (SSSR count). The molecule has 16 heavy (non-hydrogen) atoms. The van der Waals surface area contributed by atoms with E-state index in [0.29, 0.717) is 12.0 Å². The summed E-state index contributed by atoms with van der Waals surface area (Å²) in [4.78, 5) is 0. The highest BCUT2D eigenvalue weighted by atomic mass is 32.2. The number of hydrogen-bond acceptors (Lipinski definition) is 3. The zero-order chi connectivity index (χ0) is 11.8. The molecule has 0 radical (unpaired) electrons. The number of nitrogens with two attached hydrogens (primary N) is 1. The van der Waals surface area contributed by atoms with Crippen LogP contribution in [0.25, 0.3) is 0 Å². The van der Waals surface area contributed by atoms with Crippen LogP contribution in [0.1, 0.15) is 32.6 Å². The number of nitrogens with zero attached hydrogens (tertiary/aromatic N) is 1. The molecule has 0 amide bonds. The standard InChI is InChI=1S/C10H21N3O2S/c1-2-3-4-13(16(11,14)15)9-5-10(6-9)7-12-8-10/h9,12H,2-8H2,1H3,(H2,11,14,15). The number of unbranched alkanes of at least 4 members (excludes halogenated alkanes) is 1. The first-order valence-corrected chi connectivity index (χ1v) is 7.47. The van der Waals surface area contributed by atoms with Gasteiger partial charge in [-0.1, -0.05) is 13.3 Å². The predicted octanol–water partition coefficient (Wildman–Crippen LogP) is 0.0440. The van der Waals surface area contributed by atoms with Gasteiger partial charge >= 0.3 is 0 Å². The highest BCUT2D eigenvalue weighted by Gasteiger charge is 2.51. The molecule has 0 bridgehead atoms.